The van der Waals surface area contributed by atoms with Crippen LogP contribution in [0.4, 0.5) is 5.95 Å². The predicted octanol–water partition coefficient (Wildman–Crippen LogP) is 4.98. The lowest BCUT2D eigenvalue weighted by molar-refractivity contribution is 0.0963. The summed E-state index contributed by atoms with van der Waals surface area (Å²) in [4.78, 5) is 20.2. The molecule has 7 nitrogen and oxygen atoms in total. The number of nitrogens with zero attached hydrogens (tertiary/aromatic N) is 4. The van der Waals surface area contributed by atoms with Crippen molar-refractivity contribution in [1.29, 1.82) is 0 Å². The number of hydrogen-bond donors (Lipinski definition) is 0. The van der Waals surface area contributed by atoms with Gasteiger partial charge in [0.1, 0.15) is 17.8 Å². The summed E-state index contributed by atoms with van der Waals surface area (Å²) in [5.74, 6) is 1.76. The molecule has 172 valence electrons. The van der Waals surface area contributed by atoms with E-state index in [9.17, 15) is 4.79 Å². The van der Waals surface area contributed by atoms with Crippen LogP contribution in [0.5, 0.6) is 11.5 Å². The van der Waals surface area contributed by atoms with Crippen LogP contribution in [0.25, 0.3) is 0 Å². The maximum Gasteiger partial charge on any atom is 0.261 e. The summed E-state index contributed by atoms with van der Waals surface area (Å²) in [5, 5.41) is 4.52. The van der Waals surface area contributed by atoms with Crippen molar-refractivity contribution in [2.45, 2.75) is 25.4 Å². The van der Waals surface area contributed by atoms with E-state index in [2.05, 4.69) is 41.3 Å². The van der Waals surface area contributed by atoms with Crippen molar-refractivity contribution in [2.24, 2.45) is 0 Å². The fraction of sp³-hybridized carbons (Fsp3) is 0.222. The maximum absolute atomic E-state index is 13.9. The zero-order chi connectivity index (χ0) is 23.7. The van der Waals surface area contributed by atoms with Crippen LogP contribution in [0.3, 0.4) is 0 Å². The number of carbonyl (C=O) groups excluding carboxylic acids is 1. The highest BCUT2D eigenvalue weighted by Gasteiger charge is 2.39. The predicted molar refractivity (Wildman–Crippen MR) is 129 cm³/mol. The van der Waals surface area contributed by atoms with Crippen LogP contribution in [-0.2, 0) is 0 Å². The molecule has 1 aliphatic rings. The number of anilines is 1. The molecule has 3 aromatic carbocycles. The van der Waals surface area contributed by atoms with Gasteiger partial charge in [0, 0.05) is 5.56 Å². The van der Waals surface area contributed by atoms with Crippen LogP contribution in [0.2, 0.25) is 0 Å². The fourth-order valence-electron chi connectivity index (χ4n) is 4.50. The third-order valence-electron chi connectivity index (χ3n) is 6.32. The molecule has 0 radical (unpaired) electrons. The number of amides is 1. The van der Waals surface area contributed by atoms with Gasteiger partial charge in [0.15, 0.2) is 0 Å². The van der Waals surface area contributed by atoms with Crippen molar-refractivity contribution in [2.75, 3.05) is 19.1 Å². The van der Waals surface area contributed by atoms with Crippen LogP contribution in [0.1, 0.15) is 45.6 Å². The van der Waals surface area contributed by atoms with Gasteiger partial charge in [0.2, 0.25) is 5.95 Å². The SMILES string of the molecule is COc1ccc([C@@H]2C[C@H](c3ccc(C)cc3)n3ncnc3N2C(=O)c2cccc(OC)c2)cc1. The highest BCUT2D eigenvalue weighted by atomic mass is 16.5. The van der Waals surface area contributed by atoms with Crippen molar-refractivity contribution < 1.29 is 14.3 Å². The summed E-state index contributed by atoms with van der Waals surface area (Å²) in [5.41, 5.74) is 3.86. The minimum Gasteiger partial charge on any atom is -0.497 e. The van der Waals surface area contributed by atoms with Gasteiger partial charge >= 0.3 is 0 Å². The summed E-state index contributed by atoms with van der Waals surface area (Å²) < 4.78 is 12.6. The Morgan fingerprint density at radius 2 is 1.56 bits per heavy atom. The molecule has 0 saturated heterocycles. The van der Waals surface area contributed by atoms with E-state index in [1.54, 1.807) is 31.3 Å². The quantitative estimate of drug-likeness (QED) is 0.425. The van der Waals surface area contributed by atoms with Crippen molar-refractivity contribution >= 4 is 11.9 Å². The van der Waals surface area contributed by atoms with E-state index in [1.165, 1.54) is 11.9 Å². The molecule has 34 heavy (non-hydrogen) atoms. The molecule has 2 heterocycles. The first-order valence-electron chi connectivity index (χ1n) is 11.2. The number of ether oxygens (including phenoxy) is 2. The topological polar surface area (TPSA) is 69.5 Å². The highest BCUT2D eigenvalue weighted by Crippen LogP contribution is 2.42. The van der Waals surface area contributed by atoms with E-state index in [0.29, 0.717) is 23.7 Å². The second-order valence-electron chi connectivity index (χ2n) is 8.36. The summed E-state index contributed by atoms with van der Waals surface area (Å²) in [6, 6.07) is 23.2. The Hall–Kier alpha value is -4.13. The molecule has 4 aromatic rings. The molecular formula is C27H26N4O3. The third kappa shape index (κ3) is 3.90. The van der Waals surface area contributed by atoms with Crippen molar-refractivity contribution in [1.82, 2.24) is 14.8 Å². The average Bonchev–Trinajstić information content (AvgIpc) is 3.38. The lowest BCUT2D eigenvalue weighted by atomic mass is 9.91. The molecule has 1 aromatic heterocycles. The monoisotopic (exact) mass is 454 g/mol. The van der Waals surface area contributed by atoms with Gasteiger partial charge in [-0.05, 0) is 54.8 Å². The van der Waals surface area contributed by atoms with Crippen molar-refractivity contribution in [3.05, 3.63) is 101 Å². The Bertz CT molecular complexity index is 1300. The Morgan fingerprint density at radius 3 is 2.26 bits per heavy atom. The molecule has 0 unspecified atom stereocenters. The van der Waals surface area contributed by atoms with Gasteiger partial charge in [-0.25, -0.2) is 4.68 Å². The van der Waals surface area contributed by atoms with Gasteiger partial charge in [0.25, 0.3) is 5.91 Å². The van der Waals surface area contributed by atoms with Gasteiger partial charge in [-0.2, -0.15) is 10.1 Å². The van der Waals surface area contributed by atoms with Crippen LogP contribution < -0.4 is 14.4 Å². The van der Waals surface area contributed by atoms with Crippen LogP contribution in [0, 0.1) is 6.92 Å². The third-order valence-corrected chi connectivity index (χ3v) is 6.32. The van der Waals surface area contributed by atoms with E-state index in [1.807, 2.05) is 41.1 Å². The number of fused-ring (bicyclic) bond motifs is 1. The van der Waals surface area contributed by atoms with E-state index in [-0.39, 0.29) is 18.0 Å². The molecule has 7 heteroatoms. The second-order valence-corrected chi connectivity index (χ2v) is 8.36. The first kappa shape index (κ1) is 21.7. The molecule has 0 N–H and O–H groups in total. The Labute approximate surface area is 198 Å². The number of aromatic nitrogens is 3. The molecule has 2 atom stereocenters. The average molecular weight is 455 g/mol. The second kappa shape index (κ2) is 9.02. The molecule has 0 aliphatic carbocycles. The van der Waals surface area contributed by atoms with Crippen LogP contribution in [-0.4, -0.2) is 34.9 Å². The molecule has 0 bridgehead atoms. The highest BCUT2D eigenvalue weighted by molar-refractivity contribution is 6.06. The number of aryl methyl sites for hydroxylation is 1. The van der Waals surface area contributed by atoms with E-state index >= 15 is 0 Å². The van der Waals surface area contributed by atoms with E-state index in [4.69, 9.17) is 9.47 Å². The van der Waals surface area contributed by atoms with Gasteiger partial charge < -0.3 is 9.47 Å². The van der Waals surface area contributed by atoms with E-state index in [0.717, 1.165) is 16.9 Å². The van der Waals surface area contributed by atoms with E-state index < -0.39 is 0 Å². The Morgan fingerprint density at radius 1 is 0.882 bits per heavy atom. The number of rotatable bonds is 5. The summed E-state index contributed by atoms with van der Waals surface area (Å²) in [6.45, 7) is 2.07. The molecule has 0 spiro atoms. The number of carbonyl (C=O) groups is 1. The first-order chi connectivity index (χ1) is 16.6. The van der Waals surface area contributed by atoms with Gasteiger partial charge in [-0.15, -0.1) is 0 Å². The van der Waals surface area contributed by atoms with Crippen molar-refractivity contribution in [3.63, 3.8) is 0 Å². The van der Waals surface area contributed by atoms with Crippen molar-refractivity contribution in [3.8, 4) is 11.5 Å². The summed E-state index contributed by atoms with van der Waals surface area (Å²) in [7, 11) is 3.23. The Balaban J connectivity index is 1.63. The lowest BCUT2D eigenvalue weighted by Crippen LogP contribution is -2.42. The number of methoxy groups -OCH3 is 2. The molecule has 0 fully saturated rings. The zero-order valence-electron chi connectivity index (χ0n) is 19.4. The molecule has 0 saturated carbocycles. The van der Waals surface area contributed by atoms with Gasteiger partial charge in [0.05, 0.1) is 26.3 Å². The van der Waals surface area contributed by atoms with Crippen LogP contribution in [0.15, 0.2) is 79.1 Å². The molecular weight excluding hydrogens is 428 g/mol. The number of hydrogen-bond acceptors (Lipinski definition) is 5. The minimum absolute atomic E-state index is 0.0560. The molecule has 1 amide bonds. The zero-order valence-corrected chi connectivity index (χ0v) is 19.4. The summed E-state index contributed by atoms with van der Waals surface area (Å²) >= 11 is 0. The smallest absolute Gasteiger partial charge is 0.261 e. The Kier molecular flexibility index (Phi) is 5.76. The fourth-order valence-corrected chi connectivity index (χ4v) is 4.50. The number of benzene rings is 3. The first-order valence-corrected chi connectivity index (χ1v) is 11.2. The maximum atomic E-state index is 13.9. The minimum atomic E-state index is -0.243. The molecule has 5 rings (SSSR count). The summed E-state index contributed by atoms with van der Waals surface area (Å²) in [6.07, 6.45) is 2.17. The lowest BCUT2D eigenvalue weighted by Gasteiger charge is -2.39. The standard InChI is InChI=1S/C27H26N4O3/c1-18-7-9-20(10-8-18)25-16-24(19-11-13-22(33-2)14-12-19)30(27-28-17-29-31(25)27)26(32)21-5-4-6-23(15-21)34-3/h4-15,17,24-25H,16H2,1-3H3/t24-,25+/m0/s1. The van der Waals surface area contributed by atoms with Gasteiger partial charge in [-0.1, -0.05) is 48.0 Å². The van der Waals surface area contributed by atoms with Gasteiger partial charge in [-0.3, -0.25) is 9.69 Å². The largest absolute Gasteiger partial charge is 0.497 e. The normalized spacial score (nSPS) is 17.2. The van der Waals surface area contributed by atoms with Crippen LogP contribution >= 0.6 is 0 Å². The molecule has 1 aliphatic heterocycles.